The Morgan fingerprint density at radius 3 is 2.63 bits per heavy atom. The summed E-state index contributed by atoms with van der Waals surface area (Å²) in [6.45, 7) is 2.26. The number of halogens is 1. The van der Waals surface area contributed by atoms with Crippen LogP contribution >= 0.6 is 0 Å². The van der Waals surface area contributed by atoms with Crippen LogP contribution in [0.1, 0.15) is 28.8 Å². The summed E-state index contributed by atoms with van der Waals surface area (Å²) < 4.78 is 19.1. The molecule has 0 amide bonds. The SMILES string of the molecule is O=C(O)c1cc(F)cc(CN2CC3CCC(C2)O3)c1. The molecule has 2 saturated heterocycles. The van der Waals surface area contributed by atoms with Gasteiger partial charge in [0.05, 0.1) is 17.8 Å². The van der Waals surface area contributed by atoms with Crippen molar-refractivity contribution in [3.63, 3.8) is 0 Å². The molecule has 0 aromatic heterocycles. The van der Waals surface area contributed by atoms with E-state index in [2.05, 4.69) is 4.90 Å². The van der Waals surface area contributed by atoms with Crippen LogP contribution in [0.2, 0.25) is 0 Å². The van der Waals surface area contributed by atoms with E-state index in [1.54, 1.807) is 6.07 Å². The Labute approximate surface area is 110 Å². The van der Waals surface area contributed by atoms with Gasteiger partial charge in [-0.05, 0) is 36.6 Å². The molecule has 2 atom stereocenters. The minimum Gasteiger partial charge on any atom is -0.478 e. The summed E-state index contributed by atoms with van der Waals surface area (Å²) in [7, 11) is 0. The van der Waals surface area contributed by atoms with Crippen molar-refractivity contribution in [3.8, 4) is 0 Å². The number of fused-ring (bicyclic) bond motifs is 2. The molecule has 0 saturated carbocycles. The Bertz CT molecular complexity index is 493. The Kier molecular flexibility index (Phi) is 3.24. The molecule has 2 aliphatic rings. The molecule has 19 heavy (non-hydrogen) atoms. The largest absolute Gasteiger partial charge is 0.478 e. The van der Waals surface area contributed by atoms with E-state index in [4.69, 9.17) is 9.84 Å². The normalized spacial score (nSPS) is 26.6. The molecule has 2 heterocycles. The maximum atomic E-state index is 13.4. The zero-order valence-corrected chi connectivity index (χ0v) is 10.5. The van der Waals surface area contributed by atoms with Crippen LogP contribution in [-0.2, 0) is 11.3 Å². The Morgan fingerprint density at radius 1 is 1.32 bits per heavy atom. The van der Waals surface area contributed by atoms with Gasteiger partial charge < -0.3 is 9.84 Å². The zero-order valence-electron chi connectivity index (χ0n) is 10.5. The van der Waals surface area contributed by atoms with Crippen LogP contribution in [0.4, 0.5) is 4.39 Å². The van der Waals surface area contributed by atoms with Gasteiger partial charge in [0.15, 0.2) is 0 Å². The Hall–Kier alpha value is -1.46. The second-order valence-electron chi connectivity index (χ2n) is 5.30. The van der Waals surface area contributed by atoms with Gasteiger partial charge in [0.2, 0.25) is 0 Å². The molecule has 0 spiro atoms. The van der Waals surface area contributed by atoms with E-state index in [0.29, 0.717) is 12.1 Å². The maximum absolute atomic E-state index is 13.4. The number of morpholine rings is 1. The van der Waals surface area contributed by atoms with Gasteiger partial charge in [-0.2, -0.15) is 0 Å². The lowest BCUT2D eigenvalue weighted by Gasteiger charge is -2.32. The fraction of sp³-hybridized carbons (Fsp3) is 0.500. The number of ether oxygens (including phenoxy) is 1. The molecular weight excluding hydrogens is 249 g/mol. The van der Waals surface area contributed by atoms with Crippen molar-refractivity contribution >= 4 is 5.97 Å². The lowest BCUT2D eigenvalue weighted by atomic mass is 10.1. The van der Waals surface area contributed by atoms with Crippen molar-refractivity contribution in [2.45, 2.75) is 31.6 Å². The van der Waals surface area contributed by atoms with E-state index < -0.39 is 11.8 Å². The van der Waals surface area contributed by atoms with E-state index >= 15 is 0 Å². The molecule has 2 aliphatic heterocycles. The van der Waals surface area contributed by atoms with Gasteiger partial charge in [0, 0.05) is 19.6 Å². The molecule has 3 rings (SSSR count). The zero-order chi connectivity index (χ0) is 13.4. The van der Waals surface area contributed by atoms with Gasteiger partial charge in [0.25, 0.3) is 0 Å². The number of carboxylic acids is 1. The quantitative estimate of drug-likeness (QED) is 0.906. The van der Waals surface area contributed by atoms with Gasteiger partial charge >= 0.3 is 5.97 Å². The molecule has 2 unspecified atom stereocenters. The molecule has 1 aromatic carbocycles. The number of aromatic carboxylic acids is 1. The summed E-state index contributed by atoms with van der Waals surface area (Å²) in [6.07, 6.45) is 2.74. The predicted molar refractivity (Wildman–Crippen MR) is 66.5 cm³/mol. The third-order valence-corrected chi connectivity index (χ3v) is 3.73. The number of hydrogen-bond donors (Lipinski definition) is 1. The third-order valence-electron chi connectivity index (χ3n) is 3.73. The smallest absolute Gasteiger partial charge is 0.335 e. The molecule has 5 heteroatoms. The van der Waals surface area contributed by atoms with Crippen LogP contribution in [0.25, 0.3) is 0 Å². The minimum absolute atomic E-state index is 0.00577. The summed E-state index contributed by atoms with van der Waals surface area (Å²) in [5, 5.41) is 8.93. The predicted octanol–water partition coefficient (Wildman–Crippen LogP) is 1.89. The lowest BCUT2D eigenvalue weighted by Crippen LogP contribution is -2.42. The number of nitrogens with zero attached hydrogens (tertiary/aromatic N) is 1. The van der Waals surface area contributed by atoms with Gasteiger partial charge in [-0.15, -0.1) is 0 Å². The summed E-state index contributed by atoms with van der Waals surface area (Å²) >= 11 is 0. The van der Waals surface area contributed by atoms with Gasteiger partial charge in [-0.25, -0.2) is 9.18 Å². The molecule has 2 fully saturated rings. The number of likely N-dealkylation sites (tertiary alicyclic amines) is 1. The number of carbonyl (C=O) groups is 1. The average Bonchev–Trinajstić information content (AvgIpc) is 2.68. The standard InChI is InChI=1S/C14H16FNO3/c15-11-4-9(3-10(5-11)14(17)18)6-16-7-12-1-2-13(8-16)19-12/h3-5,12-13H,1-2,6-8H2,(H,17,18). The van der Waals surface area contributed by atoms with Crippen molar-refractivity contribution in [1.82, 2.24) is 4.90 Å². The summed E-state index contributed by atoms with van der Waals surface area (Å²) in [6, 6.07) is 4.00. The Balaban J connectivity index is 1.74. The topological polar surface area (TPSA) is 49.8 Å². The van der Waals surface area contributed by atoms with Gasteiger partial charge in [0.1, 0.15) is 5.82 Å². The summed E-state index contributed by atoms with van der Waals surface area (Å²) in [4.78, 5) is 13.1. The number of carboxylic acid groups (broad SMARTS) is 1. The second kappa shape index (κ2) is 4.90. The van der Waals surface area contributed by atoms with Crippen molar-refractivity contribution in [2.75, 3.05) is 13.1 Å². The fourth-order valence-electron chi connectivity index (χ4n) is 2.95. The first-order chi connectivity index (χ1) is 9.10. The van der Waals surface area contributed by atoms with Crippen molar-refractivity contribution < 1.29 is 19.0 Å². The van der Waals surface area contributed by atoms with E-state index in [1.165, 1.54) is 6.07 Å². The van der Waals surface area contributed by atoms with E-state index in [9.17, 15) is 9.18 Å². The summed E-state index contributed by atoms with van der Waals surface area (Å²) in [5.41, 5.74) is 0.713. The third kappa shape index (κ3) is 2.77. The molecule has 0 radical (unpaired) electrons. The van der Waals surface area contributed by atoms with Crippen molar-refractivity contribution in [2.24, 2.45) is 0 Å². The Morgan fingerprint density at radius 2 is 2.00 bits per heavy atom. The highest BCUT2D eigenvalue weighted by Crippen LogP contribution is 2.27. The van der Waals surface area contributed by atoms with Crippen LogP contribution in [0.15, 0.2) is 18.2 Å². The molecular formula is C14H16FNO3. The van der Waals surface area contributed by atoms with Crippen molar-refractivity contribution in [1.29, 1.82) is 0 Å². The maximum Gasteiger partial charge on any atom is 0.335 e. The van der Waals surface area contributed by atoms with E-state index in [1.807, 2.05) is 0 Å². The monoisotopic (exact) mass is 265 g/mol. The molecule has 1 N–H and O–H groups in total. The first-order valence-corrected chi connectivity index (χ1v) is 6.51. The van der Waals surface area contributed by atoms with Crippen LogP contribution in [0.3, 0.4) is 0 Å². The molecule has 102 valence electrons. The lowest BCUT2D eigenvalue weighted by molar-refractivity contribution is -0.0410. The summed E-state index contributed by atoms with van der Waals surface area (Å²) in [5.74, 6) is -1.59. The van der Waals surface area contributed by atoms with Crippen LogP contribution < -0.4 is 0 Å². The molecule has 4 nitrogen and oxygen atoms in total. The first-order valence-electron chi connectivity index (χ1n) is 6.51. The number of benzene rings is 1. The van der Waals surface area contributed by atoms with E-state index in [-0.39, 0.29) is 17.8 Å². The van der Waals surface area contributed by atoms with Gasteiger partial charge in [-0.1, -0.05) is 0 Å². The second-order valence-corrected chi connectivity index (χ2v) is 5.30. The van der Waals surface area contributed by atoms with E-state index in [0.717, 1.165) is 32.0 Å². The van der Waals surface area contributed by atoms with Crippen LogP contribution in [-0.4, -0.2) is 41.3 Å². The highest BCUT2D eigenvalue weighted by molar-refractivity contribution is 5.87. The first kappa shape index (κ1) is 12.6. The van der Waals surface area contributed by atoms with Crippen LogP contribution in [0.5, 0.6) is 0 Å². The fourth-order valence-corrected chi connectivity index (χ4v) is 2.95. The molecule has 0 aliphatic carbocycles. The van der Waals surface area contributed by atoms with Crippen molar-refractivity contribution in [3.05, 3.63) is 35.1 Å². The van der Waals surface area contributed by atoms with Crippen LogP contribution in [0, 0.1) is 5.82 Å². The number of hydrogen-bond acceptors (Lipinski definition) is 3. The highest BCUT2D eigenvalue weighted by atomic mass is 19.1. The van der Waals surface area contributed by atoms with Gasteiger partial charge in [-0.3, -0.25) is 4.90 Å². The highest BCUT2D eigenvalue weighted by Gasteiger charge is 2.33. The minimum atomic E-state index is -1.09. The average molecular weight is 265 g/mol. The molecule has 1 aromatic rings. The molecule has 2 bridgehead atoms. The number of rotatable bonds is 3.